The molecule has 1 heterocycles. The summed E-state index contributed by atoms with van der Waals surface area (Å²) in [6.07, 6.45) is -1.87. The average molecular weight is 1810 g/mol. The summed E-state index contributed by atoms with van der Waals surface area (Å²) >= 11 is 14.1. The van der Waals surface area contributed by atoms with Crippen LogP contribution in [0.15, 0.2) is 231 Å². The van der Waals surface area contributed by atoms with Crippen molar-refractivity contribution in [3.8, 4) is 22.3 Å². The third-order valence-electron chi connectivity index (χ3n) is 22.5. The molecule has 2 aliphatic rings. The molecule has 0 bridgehead atoms. The number of hydrogen-bond acceptors (Lipinski definition) is 19. The smallest absolute Gasteiger partial charge is 0.417 e. The first-order valence-electron chi connectivity index (χ1n) is 41.6. The molecule has 8 aromatic carbocycles. The van der Waals surface area contributed by atoms with E-state index in [4.69, 9.17) is 38.8 Å². The highest BCUT2D eigenvalue weighted by molar-refractivity contribution is 8.22. The Hall–Kier alpha value is -13.1. The summed E-state index contributed by atoms with van der Waals surface area (Å²) in [6, 6.07) is 41.9. The lowest BCUT2D eigenvalue weighted by Crippen LogP contribution is -2.65. The Balaban J connectivity index is 1.04. The van der Waals surface area contributed by atoms with Gasteiger partial charge < -0.3 is 68.0 Å². The summed E-state index contributed by atoms with van der Waals surface area (Å²) in [5.74, 6) is -13.2. The number of nitrogens with one attached hydrogen (secondary N) is 10. The minimum Gasteiger partial charge on any atom is -0.448 e. The highest BCUT2D eigenvalue weighted by Gasteiger charge is 2.51. The molecule has 14 amide bonds. The van der Waals surface area contributed by atoms with Crippen LogP contribution >= 0.6 is 12.1 Å². The minimum atomic E-state index is -3.79. The van der Waals surface area contributed by atoms with Crippen molar-refractivity contribution < 1.29 is 76.6 Å². The summed E-state index contributed by atoms with van der Waals surface area (Å²) in [4.78, 5) is 217. The summed E-state index contributed by atoms with van der Waals surface area (Å²) in [6.45, 7) is 13.4. The Kier molecular flexibility index (Phi) is 31.0. The number of hydrogen-bond donors (Lipinski definition) is 11. The van der Waals surface area contributed by atoms with E-state index in [0.717, 1.165) is 44.5 Å². The number of benzene rings is 8. The zero-order valence-electron chi connectivity index (χ0n) is 72.5. The standard InChI is InChI=1S/C94H104N14O16P2S2/c1-55(80(95)110)102-89(119)93(8,9)106-84(114)59(5)100-85(115)77(48-62-49-96-54-97-62)104-82(112)57(3)99-81(111)56(2)101-86(116)78(52-125(127,63-32-16-12-17-33-63)64-34-18-13-19-35-64)107(91(121)123-50-75-71-44-28-24-40-67(71)68-41-25-29-45-72(68)75)88(118)79(53-126(128,65-36-20-14-21-37-65)66-38-22-15-23-39-66)108(87(117)60(6)103-90(120)94(10,11)105-83(113)58(4)98-61(7)109)92(122)124-51-76-73-46-30-26-42-69(73)70-43-27-31-47-74(70)76/h12-47,49,54-60,75-79H,48,50-53H2,1-11H3,(H2,95,110)(H,96,97)(H,98,109)(H,99,111)(H,100,115)(H,101,116)(H,102,119)(H,103,120)(H,104,112)(H,105,113)(H,106,114)/t55-,56-,57-,58-,59-,60-,77-,78-,79-/m0/s1. The number of carbonyl (C=O) groups is 14. The van der Waals surface area contributed by atoms with Crippen LogP contribution in [0, 0.1) is 0 Å². The Morgan fingerprint density at radius 2 is 0.734 bits per heavy atom. The molecule has 0 radical (unpaired) electrons. The van der Waals surface area contributed by atoms with Gasteiger partial charge in [-0.2, -0.15) is 0 Å². The maximum Gasteiger partial charge on any atom is 0.417 e. The van der Waals surface area contributed by atoms with Gasteiger partial charge in [0.05, 0.1) is 12.0 Å². The number of imidazole rings is 1. The number of amides is 14. The van der Waals surface area contributed by atoms with Gasteiger partial charge in [-0.3, -0.25) is 57.5 Å². The molecular formula is C94H104N14O16P2S2. The molecule has 9 aromatic rings. The Morgan fingerprint density at radius 1 is 0.406 bits per heavy atom. The van der Waals surface area contributed by atoms with Crippen molar-refractivity contribution in [2.45, 2.75) is 160 Å². The number of nitrogens with zero attached hydrogens (tertiary/aromatic N) is 3. The van der Waals surface area contributed by atoms with E-state index in [0.29, 0.717) is 31.0 Å². The quantitative estimate of drug-likeness (QED) is 0.0191. The Morgan fingerprint density at radius 3 is 1.11 bits per heavy atom. The first-order valence-corrected chi connectivity index (χ1v) is 47.6. The summed E-state index contributed by atoms with van der Waals surface area (Å²) < 4.78 is 13.1. The van der Waals surface area contributed by atoms with E-state index in [2.05, 4.69) is 57.8 Å². The van der Waals surface area contributed by atoms with Crippen LogP contribution in [-0.2, 0) is 97.0 Å². The van der Waals surface area contributed by atoms with Gasteiger partial charge in [-0.15, -0.1) is 0 Å². The van der Waals surface area contributed by atoms with E-state index in [1.165, 1.54) is 88.7 Å². The van der Waals surface area contributed by atoms with Crippen LogP contribution in [0.5, 0.6) is 0 Å². The SMILES string of the molecule is CC(=O)N[C@@H](C)C(=O)NC(C)(C)C(=O)N[C@@H](C)C(=O)N(C(=O)OCC1c2ccccc2-c2ccccc21)[C@@H](CP(=S)(c1ccccc1)c1ccccc1)C(=O)N(C(=O)OCC1c2ccccc2-c2ccccc21)[C@@H](CP(=S)(c1ccccc1)c1ccccc1)C(=O)N[C@@H](C)C(=O)N[C@@H](C)C(=O)N[C@@H](Cc1c[nH]cn1)C(=O)N[C@@H](C)C(=O)NC(C)(C)C(=O)N[C@@H](C)C(N)=O. The first-order chi connectivity index (χ1) is 60.8. The Labute approximate surface area is 752 Å². The van der Waals surface area contributed by atoms with Gasteiger partial charge in [-0.25, -0.2) is 24.4 Å². The van der Waals surface area contributed by atoms with Gasteiger partial charge in [-0.05, 0) is 135 Å². The van der Waals surface area contributed by atoms with Crippen LogP contribution in [0.25, 0.3) is 22.3 Å². The van der Waals surface area contributed by atoms with E-state index in [1.54, 1.807) is 121 Å². The number of nitrogens with two attached hydrogens (primary N) is 1. The molecule has 0 aliphatic heterocycles. The van der Waals surface area contributed by atoms with Crippen LogP contribution in [0.4, 0.5) is 9.59 Å². The minimum absolute atomic E-state index is 0.274. The molecule has 0 saturated carbocycles. The van der Waals surface area contributed by atoms with Crippen molar-refractivity contribution >= 4 is 140 Å². The molecule has 2 aliphatic carbocycles. The lowest BCUT2D eigenvalue weighted by Gasteiger charge is -2.39. The second-order valence-corrected chi connectivity index (χ2v) is 42.2. The molecule has 1 aromatic heterocycles. The fourth-order valence-corrected chi connectivity index (χ4v) is 23.3. The first kappa shape index (κ1) is 95.5. The van der Waals surface area contributed by atoms with E-state index >= 15 is 28.8 Å². The highest BCUT2D eigenvalue weighted by atomic mass is 32.4. The van der Waals surface area contributed by atoms with Crippen molar-refractivity contribution in [2.24, 2.45) is 5.73 Å². The predicted octanol–water partition coefficient (Wildman–Crippen LogP) is 6.31. The van der Waals surface area contributed by atoms with Crippen molar-refractivity contribution in [2.75, 3.05) is 25.5 Å². The van der Waals surface area contributed by atoms with Crippen molar-refractivity contribution in [3.05, 3.63) is 259 Å². The van der Waals surface area contributed by atoms with Gasteiger partial charge in [0, 0.05) is 55.8 Å². The van der Waals surface area contributed by atoms with Crippen LogP contribution < -0.4 is 74.8 Å². The molecule has 0 unspecified atom stereocenters. The van der Waals surface area contributed by atoms with Gasteiger partial charge in [0.2, 0.25) is 59.1 Å². The predicted molar refractivity (Wildman–Crippen MR) is 493 cm³/mol. The second kappa shape index (κ2) is 41.5. The van der Waals surface area contributed by atoms with E-state index in [9.17, 15) is 38.4 Å². The molecule has 30 nitrogen and oxygen atoms in total. The van der Waals surface area contributed by atoms with Gasteiger partial charge >= 0.3 is 12.2 Å². The average Bonchev–Trinajstić information content (AvgIpc) is 1.40. The number of ether oxygens (including phenoxy) is 2. The Bertz CT molecular complexity index is 5600. The fraction of sp³-hybridized carbons (Fsp3) is 0.309. The number of imide groups is 2. The summed E-state index contributed by atoms with van der Waals surface area (Å²) in [5, 5.41) is 25.0. The molecule has 34 heteroatoms. The monoisotopic (exact) mass is 1810 g/mol. The second-order valence-electron chi connectivity index (χ2n) is 32.7. The third-order valence-corrected chi connectivity index (χ3v) is 32.1. The number of carbonyl (C=O) groups excluding carboxylic acids is 14. The molecule has 668 valence electrons. The van der Waals surface area contributed by atoms with Crippen LogP contribution in [-0.4, -0.2) is 194 Å². The van der Waals surface area contributed by atoms with Crippen LogP contribution in [0.3, 0.4) is 0 Å². The number of fused-ring (bicyclic) bond motifs is 6. The number of aromatic nitrogens is 2. The lowest BCUT2D eigenvalue weighted by molar-refractivity contribution is -0.147. The van der Waals surface area contributed by atoms with Crippen molar-refractivity contribution in [3.63, 3.8) is 0 Å². The van der Waals surface area contributed by atoms with E-state index in [1.807, 2.05) is 97.1 Å². The zero-order chi connectivity index (χ0) is 92.7. The highest BCUT2D eigenvalue weighted by Crippen LogP contribution is 2.50. The molecular weight excluding hydrogens is 1710 g/mol. The number of rotatable bonds is 36. The fourth-order valence-electron chi connectivity index (χ4n) is 15.4. The molecule has 12 N–H and O–H groups in total. The molecule has 128 heavy (non-hydrogen) atoms. The van der Waals surface area contributed by atoms with Crippen molar-refractivity contribution in [1.29, 1.82) is 0 Å². The number of H-pyrrole nitrogens is 1. The largest absolute Gasteiger partial charge is 0.448 e. The molecule has 9 atom stereocenters. The number of primary amides is 1. The topological polar surface area (TPSA) is 427 Å². The summed E-state index contributed by atoms with van der Waals surface area (Å²) in [7, 11) is 0. The normalized spacial score (nSPS) is 14.4. The van der Waals surface area contributed by atoms with Crippen molar-refractivity contribution in [1.82, 2.24) is 67.6 Å². The molecule has 0 spiro atoms. The lowest BCUT2D eigenvalue weighted by atomic mass is 9.98. The van der Waals surface area contributed by atoms with Gasteiger partial charge in [-0.1, -0.05) is 242 Å². The van der Waals surface area contributed by atoms with E-state index < -0.39 is 198 Å². The number of aromatic amines is 1. The third kappa shape index (κ3) is 22.3. The molecule has 0 saturated heterocycles. The maximum atomic E-state index is 18.1. The van der Waals surface area contributed by atoms with Gasteiger partial charge in [0.15, 0.2) is 0 Å². The summed E-state index contributed by atoms with van der Waals surface area (Å²) in [5.41, 5.74) is 8.33. The van der Waals surface area contributed by atoms with Gasteiger partial charge in [0.25, 0.3) is 11.8 Å². The van der Waals surface area contributed by atoms with Crippen LogP contribution in [0.2, 0.25) is 0 Å². The van der Waals surface area contributed by atoms with E-state index in [-0.39, 0.29) is 12.1 Å². The zero-order valence-corrected chi connectivity index (χ0v) is 75.9. The molecule has 0 fully saturated rings. The molecule has 11 rings (SSSR count). The maximum absolute atomic E-state index is 18.1. The van der Waals surface area contributed by atoms with Crippen LogP contribution in [0.1, 0.15) is 116 Å². The van der Waals surface area contributed by atoms with Gasteiger partial charge in [0.1, 0.15) is 78.7 Å².